The summed E-state index contributed by atoms with van der Waals surface area (Å²) in [6.07, 6.45) is 0.198. The highest BCUT2D eigenvalue weighted by atomic mass is 79.9. The first-order valence-electron chi connectivity index (χ1n) is 7.60. The van der Waals surface area contributed by atoms with E-state index in [1.165, 1.54) is 12.1 Å². The molecule has 1 aliphatic rings. The molecule has 0 saturated carbocycles. The molecule has 0 aliphatic carbocycles. The largest absolute Gasteiger partial charge is 0.338 e. The third kappa shape index (κ3) is 4.00. The summed E-state index contributed by atoms with van der Waals surface area (Å²) in [7, 11) is 0. The Hall–Kier alpha value is -2.21. The van der Waals surface area contributed by atoms with Crippen molar-refractivity contribution in [1.82, 2.24) is 4.90 Å². The Labute approximate surface area is 147 Å². The normalized spacial score (nSPS) is 17.2. The highest BCUT2D eigenvalue weighted by molar-refractivity contribution is 9.10. The van der Waals surface area contributed by atoms with E-state index in [-0.39, 0.29) is 30.0 Å². The van der Waals surface area contributed by atoms with Gasteiger partial charge in [0.15, 0.2) is 0 Å². The molecule has 1 saturated heterocycles. The van der Waals surface area contributed by atoms with Crippen LogP contribution in [0.3, 0.4) is 0 Å². The lowest BCUT2D eigenvalue weighted by atomic mass is 10.1. The fourth-order valence-corrected chi connectivity index (χ4v) is 2.95. The molecule has 0 unspecified atom stereocenters. The van der Waals surface area contributed by atoms with Crippen LogP contribution < -0.4 is 5.32 Å². The molecule has 6 heteroatoms. The van der Waals surface area contributed by atoms with E-state index in [1.54, 1.807) is 29.2 Å². The Morgan fingerprint density at radius 1 is 1.17 bits per heavy atom. The van der Waals surface area contributed by atoms with Crippen LogP contribution in [0.2, 0.25) is 0 Å². The van der Waals surface area contributed by atoms with Crippen LogP contribution in [0.5, 0.6) is 0 Å². The van der Waals surface area contributed by atoms with Gasteiger partial charge in [0.1, 0.15) is 5.82 Å². The summed E-state index contributed by atoms with van der Waals surface area (Å²) in [4.78, 5) is 26.1. The maximum Gasteiger partial charge on any atom is 0.229 e. The molecule has 3 rings (SSSR count). The number of nitrogens with one attached hydrogen (secondary N) is 1. The lowest BCUT2D eigenvalue weighted by Gasteiger charge is -2.16. The molecule has 1 heterocycles. The van der Waals surface area contributed by atoms with Crippen LogP contribution in [-0.4, -0.2) is 23.3 Å². The van der Waals surface area contributed by atoms with Crippen molar-refractivity contribution in [3.63, 3.8) is 0 Å². The Bertz CT molecular complexity index is 747. The molecule has 1 N–H and O–H groups in total. The SMILES string of the molecule is O=C(Nc1ccc(Br)cc1)[C@H]1CC(=O)N(Cc2ccc(F)cc2)C1. The van der Waals surface area contributed by atoms with Crippen LogP contribution in [0.25, 0.3) is 0 Å². The van der Waals surface area contributed by atoms with E-state index in [1.807, 2.05) is 12.1 Å². The third-order valence-electron chi connectivity index (χ3n) is 3.98. The van der Waals surface area contributed by atoms with Crippen LogP contribution in [0, 0.1) is 11.7 Å². The minimum atomic E-state index is -0.374. The topological polar surface area (TPSA) is 49.4 Å². The lowest BCUT2D eigenvalue weighted by molar-refractivity contribution is -0.128. The number of rotatable bonds is 4. The molecule has 0 radical (unpaired) electrons. The van der Waals surface area contributed by atoms with Gasteiger partial charge in [0, 0.05) is 29.7 Å². The van der Waals surface area contributed by atoms with E-state index in [9.17, 15) is 14.0 Å². The average molecular weight is 391 g/mol. The van der Waals surface area contributed by atoms with Crippen LogP contribution >= 0.6 is 15.9 Å². The van der Waals surface area contributed by atoms with E-state index < -0.39 is 0 Å². The van der Waals surface area contributed by atoms with Crippen molar-refractivity contribution in [1.29, 1.82) is 0 Å². The Balaban J connectivity index is 1.60. The van der Waals surface area contributed by atoms with Crippen molar-refractivity contribution < 1.29 is 14.0 Å². The molecule has 4 nitrogen and oxygen atoms in total. The van der Waals surface area contributed by atoms with Gasteiger partial charge < -0.3 is 10.2 Å². The first-order chi connectivity index (χ1) is 11.5. The zero-order valence-corrected chi connectivity index (χ0v) is 14.4. The summed E-state index contributed by atoms with van der Waals surface area (Å²) < 4.78 is 13.9. The van der Waals surface area contributed by atoms with E-state index in [4.69, 9.17) is 0 Å². The fourth-order valence-electron chi connectivity index (χ4n) is 2.69. The Morgan fingerprint density at radius 2 is 1.83 bits per heavy atom. The zero-order chi connectivity index (χ0) is 17.1. The highest BCUT2D eigenvalue weighted by Crippen LogP contribution is 2.22. The van der Waals surface area contributed by atoms with Gasteiger partial charge in [-0.2, -0.15) is 0 Å². The summed E-state index contributed by atoms with van der Waals surface area (Å²) in [6, 6.07) is 13.3. The molecule has 0 spiro atoms. The van der Waals surface area contributed by atoms with Crippen molar-refractivity contribution in [3.05, 3.63) is 64.4 Å². The van der Waals surface area contributed by atoms with Crippen molar-refractivity contribution >= 4 is 33.4 Å². The molecule has 24 heavy (non-hydrogen) atoms. The van der Waals surface area contributed by atoms with E-state index >= 15 is 0 Å². The monoisotopic (exact) mass is 390 g/mol. The fraction of sp³-hybridized carbons (Fsp3) is 0.222. The quantitative estimate of drug-likeness (QED) is 0.867. The summed E-state index contributed by atoms with van der Waals surface area (Å²) in [6.45, 7) is 0.764. The number of hydrogen-bond donors (Lipinski definition) is 1. The van der Waals surface area contributed by atoms with Crippen molar-refractivity contribution in [2.45, 2.75) is 13.0 Å². The van der Waals surface area contributed by atoms with Gasteiger partial charge in [-0.05, 0) is 42.0 Å². The van der Waals surface area contributed by atoms with Crippen LogP contribution in [-0.2, 0) is 16.1 Å². The third-order valence-corrected chi connectivity index (χ3v) is 4.51. The summed E-state index contributed by atoms with van der Waals surface area (Å²) >= 11 is 3.34. The van der Waals surface area contributed by atoms with Gasteiger partial charge in [0.05, 0.1) is 5.92 Å². The molecule has 2 amide bonds. The molecular formula is C18H16BrFN2O2. The number of carbonyl (C=O) groups excluding carboxylic acids is 2. The van der Waals surface area contributed by atoms with E-state index in [0.29, 0.717) is 18.8 Å². The number of benzene rings is 2. The van der Waals surface area contributed by atoms with Gasteiger partial charge in [0.2, 0.25) is 11.8 Å². The molecule has 1 atom stereocenters. The number of amides is 2. The number of hydrogen-bond acceptors (Lipinski definition) is 2. The minimum Gasteiger partial charge on any atom is -0.338 e. The van der Waals surface area contributed by atoms with Gasteiger partial charge in [-0.3, -0.25) is 9.59 Å². The molecular weight excluding hydrogens is 375 g/mol. The predicted molar refractivity (Wildman–Crippen MR) is 92.7 cm³/mol. The van der Waals surface area contributed by atoms with Gasteiger partial charge in [-0.1, -0.05) is 28.1 Å². The van der Waals surface area contributed by atoms with Gasteiger partial charge in [-0.15, -0.1) is 0 Å². The van der Waals surface area contributed by atoms with Crippen molar-refractivity contribution in [2.24, 2.45) is 5.92 Å². The van der Waals surface area contributed by atoms with Gasteiger partial charge in [-0.25, -0.2) is 4.39 Å². The van der Waals surface area contributed by atoms with Crippen molar-refractivity contribution in [2.75, 3.05) is 11.9 Å². The number of nitrogens with zero attached hydrogens (tertiary/aromatic N) is 1. The molecule has 1 aliphatic heterocycles. The predicted octanol–water partition coefficient (Wildman–Crippen LogP) is 3.58. The molecule has 2 aromatic carbocycles. The first-order valence-corrected chi connectivity index (χ1v) is 8.39. The number of halogens is 2. The zero-order valence-electron chi connectivity index (χ0n) is 12.8. The summed E-state index contributed by atoms with van der Waals surface area (Å²) in [5, 5.41) is 2.84. The highest BCUT2D eigenvalue weighted by Gasteiger charge is 2.34. The second-order valence-electron chi connectivity index (χ2n) is 5.80. The maximum atomic E-state index is 12.9. The smallest absolute Gasteiger partial charge is 0.229 e. The summed E-state index contributed by atoms with van der Waals surface area (Å²) in [5.74, 6) is -0.901. The van der Waals surface area contributed by atoms with Gasteiger partial charge >= 0.3 is 0 Å². The number of anilines is 1. The Morgan fingerprint density at radius 3 is 2.50 bits per heavy atom. The van der Waals surface area contributed by atoms with Gasteiger partial charge in [0.25, 0.3) is 0 Å². The molecule has 0 aromatic heterocycles. The number of carbonyl (C=O) groups is 2. The summed E-state index contributed by atoms with van der Waals surface area (Å²) in [5.41, 5.74) is 1.55. The lowest BCUT2D eigenvalue weighted by Crippen LogP contribution is -2.28. The van der Waals surface area contributed by atoms with E-state index in [0.717, 1.165) is 10.0 Å². The van der Waals surface area contributed by atoms with Crippen LogP contribution in [0.1, 0.15) is 12.0 Å². The molecule has 2 aromatic rings. The standard InChI is InChI=1S/C18H16BrFN2O2/c19-14-3-7-16(8-4-14)21-18(24)13-9-17(23)22(11-13)10-12-1-5-15(20)6-2-12/h1-8,13H,9-11H2,(H,21,24)/t13-/m0/s1. The van der Waals surface area contributed by atoms with Crippen LogP contribution in [0.15, 0.2) is 53.0 Å². The first kappa shape index (κ1) is 16.6. The average Bonchev–Trinajstić information content (AvgIpc) is 2.93. The Kier molecular flexibility index (Phi) is 4.94. The van der Waals surface area contributed by atoms with Crippen LogP contribution in [0.4, 0.5) is 10.1 Å². The number of likely N-dealkylation sites (tertiary alicyclic amines) is 1. The van der Waals surface area contributed by atoms with Crippen molar-refractivity contribution in [3.8, 4) is 0 Å². The second kappa shape index (κ2) is 7.13. The maximum absolute atomic E-state index is 12.9. The van der Waals surface area contributed by atoms with E-state index in [2.05, 4.69) is 21.2 Å². The molecule has 1 fully saturated rings. The second-order valence-corrected chi connectivity index (χ2v) is 6.71. The minimum absolute atomic E-state index is 0.0599. The molecule has 124 valence electrons. The molecule has 0 bridgehead atoms.